The highest BCUT2D eigenvalue weighted by Gasteiger charge is 2.28. The summed E-state index contributed by atoms with van der Waals surface area (Å²) in [6.07, 6.45) is 4.21. The van der Waals surface area contributed by atoms with Gasteiger partial charge < -0.3 is 18.9 Å². The fraction of sp³-hybridized carbons (Fsp3) is 0.348. The average molecular weight is 395 g/mol. The molecule has 0 atom stereocenters. The van der Waals surface area contributed by atoms with Gasteiger partial charge in [0.1, 0.15) is 29.6 Å². The van der Waals surface area contributed by atoms with Crippen LogP contribution in [0.25, 0.3) is 6.08 Å². The van der Waals surface area contributed by atoms with E-state index >= 15 is 0 Å². The predicted octanol–water partition coefficient (Wildman–Crippen LogP) is 3.79. The lowest BCUT2D eigenvalue weighted by atomic mass is 10.1. The maximum atomic E-state index is 12.7. The molecule has 2 aliphatic rings. The van der Waals surface area contributed by atoms with E-state index in [1.165, 1.54) is 12.8 Å². The first-order valence-electron chi connectivity index (χ1n) is 9.83. The molecule has 0 aliphatic carbocycles. The Bertz CT molecular complexity index is 931. The Labute approximate surface area is 170 Å². The van der Waals surface area contributed by atoms with E-state index in [0.717, 1.165) is 19.6 Å². The first-order valence-corrected chi connectivity index (χ1v) is 9.83. The van der Waals surface area contributed by atoms with Gasteiger partial charge in [0.05, 0.1) is 19.8 Å². The van der Waals surface area contributed by atoms with Gasteiger partial charge in [0.2, 0.25) is 5.78 Å². The summed E-state index contributed by atoms with van der Waals surface area (Å²) < 4.78 is 22.4. The van der Waals surface area contributed by atoms with Crippen molar-refractivity contribution < 1.29 is 23.7 Å². The number of benzene rings is 2. The molecule has 152 valence electrons. The third kappa shape index (κ3) is 4.22. The number of ketones is 1. The summed E-state index contributed by atoms with van der Waals surface area (Å²) in [5.41, 5.74) is 1.25. The van der Waals surface area contributed by atoms with Gasteiger partial charge in [-0.1, -0.05) is 0 Å². The summed E-state index contributed by atoms with van der Waals surface area (Å²) in [6, 6.07) is 10.8. The van der Waals surface area contributed by atoms with Crippen LogP contribution < -0.4 is 18.9 Å². The van der Waals surface area contributed by atoms with Crippen LogP contribution >= 0.6 is 0 Å². The maximum Gasteiger partial charge on any atom is 0.231 e. The second-order valence-electron chi connectivity index (χ2n) is 7.10. The van der Waals surface area contributed by atoms with Gasteiger partial charge in [0, 0.05) is 18.2 Å². The highest BCUT2D eigenvalue weighted by Crippen LogP contribution is 2.36. The number of rotatable bonds is 7. The summed E-state index contributed by atoms with van der Waals surface area (Å²) in [4.78, 5) is 15.1. The normalized spacial score (nSPS) is 17.3. The second kappa shape index (κ2) is 8.57. The number of Topliss-reactive ketones (excluding diaryl/α,β-unsaturated/α-hetero) is 1. The molecular weight excluding hydrogens is 370 g/mol. The smallest absolute Gasteiger partial charge is 0.231 e. The number of carbonyl (C=O) groups excluding carboxylic acids is 1. The van der Waals surface area contributed by atoms with E-state index in [2.05, 4.69) is 4.90 Å². The molecule has 0 N–H and O–H groups in total. The lowest BCUT2D eigenvalue weighted by Gasteiger charge is -2.15. The molecule has 0 aromatic heterocycles. The van der Waals surface area contributed by atoms with Gasteiger partial charge >= 0.3 is 0 Å². The number of hydrogen-bond acceptors (Lipinski definition) is 6. The largest absolute Gasteiger partial charge is 0.497 e. The number of carbonyl (C=O) groups is 1. The molecule has 1 fully saturated rings. The summed E-state index contributed by atoms with van der Waals surface area (Å²) >= 11 is 0. The Kier molecular flexibility index (Phi) is 5.71. The predicted molar refractivity (Wildman–Crippen MR) is 110 cm³/mol. The number of allylic oxidation sites excluding steroid dienone is 1. The number of ether oxygens (including phenoxy) is 4. The van der Waals surface area contributed by atoms with E-state index < -0.39 is 0 Å². The van der Waals surface area contributed by atoms with E-state index in [9.17, 15) is 4.79 Å². The van der Waals surface area contributed by atoms with Crippen molar-refractivity contribution in [2.24, 2.45) is 0 Å². The van der Waals surface area contributed by atoms with Crippen molar-refractivity contribution in [1.82, 2.24) is 4.90 Å². The first-order chi connectivity index (χ1) is 14.2. The van der Waals surface area contributed by atoms with E-state index in [0.29, 0.717) is 40.7 Å². The SMILES string of the molecule is COc1ccc(OC)c(/C=C2\Oc3cc(OCCN4CCCC4)ccc3C2=O)c1. The minimum absolute atomic E-state index is 0.159. The van der Waals surface area contributed by atoms with Gasteiger partial charge in [0.15, 0.2) is 5.76 Å². The monoisotopic (exact) mass is 395 g/mol. The molecule has 29 heavy (non-hydrogen) atoms. The number of hydrogen-bond donors (Lipinski definition) is 0. The van der Waals surface area contributed by atoms with Crippen molar-refractivity contribution in [3.05, 3.63) is 53.3 Å². The average Bonchev–Trinajstić information content (AvgIpc) is 3.36. The number of likely N-dealkylation sites (tertiary alicyclic amines) is 1. The van der Waals surface area contributed by atoms with E-state index in [-0.39, 0.29) is 11.5 Å². The maximum absolute atomic E-state index is 12.7. The molecule has 6 heteroatoms. The van der Waals surface area contributed by atoms with Gasteiger partial charge in [-0.15, -0.1) is 0 Å². The molecule has 0 radical (unpaired) electrons. The van der Waals surface area contributed by atoms with Crippen LogP contribution in [0.15, 0.2) is 42.2 Å². The van der Waals surface area contributed by atoms with Crippen molar-refractivity contribution in [2.45, 2.75) is 12.8 Å². The van der Waals surface area contributed by atoms with E-state index in [1.54, 1.807) is 50.6 Å². The third-order valence-electron chi connectivity index (χ3n) is 5.24. The van der Waals surface area contributed by atoms with Crippen molar-refractivity contribution in [3.63, 3.8) is 0 Å². The molecule has 2 aromatic carbocycles. The molecule has 1 saturated heterocycles. The molecule has 0 bridgehead atoms. The molecule has 0 saturated carbocycles. The van der Waals surface area contributed by atoms with Gasteiger partial charge in [0.25, 0.3) is 0 Å². The Morgan fingerprint density at radius 3 is 2.59 bits per heavy atom. The molecule has 6 nitrogen and oxygen atoms in total. The zero-order chi connectivity index (χ0) is 20.2. The van der Waals surface area contributed by atoms with Crippen molar-refractivity contribution >= 4 is 11.9 Å². The quantitative estimate of drug-likeness (QED) is 0.665. The van der Waals surface area contributed by atoms with Crippen molar-refractivity contribution in [3.8, 4) is 23.0 Å². The van der Waals surface area contributed by atoms with Crippen LogP contribution in [0.1, 0.15) is 28.8 Å². The van der Waals surface area contributed by atoms with Gasteiger partial charge in [-0.2, -0.15) is 0 Å². The molecule has 4 rings (SSSR count). The molecule has 0 amide bonds. The lowest BCUT2D eigenvalue weighted by molar-refractivity contribution is 0.101. The number of methoxy groups -OCH3 is 2. The first kappa shape index (κ1) is 19.3. The molecular formula is C23H25NO5. The van der Waals surface area contributed by atoms with Crippen LogP contribution in [0.3, 0.4) is 0 Å². The molecule has 0 spiro atoms. The van der Waals surface area contributed by atoms with Crippen LogP contribution in [0.4, 0.5) is 0 Å². The number of nitrogens with zero attached hydrogens (tertiary/aromatic N) is 1. The zero-order valence-corrected chi connectivity index (χ0v) is 16.8. The second-order valence-corrected chi connectivity index (χ2v) is 7.10. The van der Waals surface area contributed by atoms with Crippen LogP contribution in [0, 0.1) is 0 Å². The summed E-state index contributed by atoms with van der Waals surface area (Å²) in [5, 5.41) is 0. The Hall–Kier alpha value is -2.99. The summed E-state index contributed by atoms with van der Waals surface area (Å²) in [7, 11) is 3.18. The Balaban J connectivity index is 1.48. The van der Waals surface area contributed by atoms with Crippen molar-refractivity contribution in [1.29, 1.82) is 0 Å². The minimum Gasteiger partial charge on any atom is -0.497 e. The number of fused-ring (bicyclic) bond motifs is 1. The van der Waals surface area contributed by atoms with Gasteiger partial charge in [-0.3, -0.25) is 9.69 Å². The molecule has 0 unspecified atom stereocenters. The fourth-order valence-corrected chi connectivity index (χ4v) is 3.65. The van der Waals surface area contributed by atoms with Gasteiger partial charge in [-0.05, 0) is 62.3 Å². The molecule has 2 heterocycles. The van der Waals surface area contributed by atoms with Gasteiger partial charge in [-0.25, -0.2) is 0 Å². The van der Waals surface area contributed by atoms with Crippen molar-refractivity contribution in [2.75, 3.05) is 40.5 Å². The molecule has 2 aromatic rings. The van der Waals surface area contributed by atoms with Crippen LogP contribution in [0.2, 0.25) is 0 Å². The van der Waals surface area contributed by atoms with E-state index in [4.69, 9.17) is 18.9 Å². The highest BCUT2D eigenvalue weighted by molar-refractivity contribution is 6.14. The lowest BCUT2D eigenvalue weighted by Crippen LogP contribution is -2.25. The van der Waals surface area contributed by atoms with E-state index in [1.807, 2.05) is 6.07 Å². The topological polar surface area (TPSA) is 57.2 Å². The standard InChI is InChI=1S/C23H25NO5/c1-26-17-6-8-20(27-2)16(13-17)14-22-23(25)19-7-5-18(15-21(19)29-22)28-12-11-24-9-3-4-10-24/h5-8,13-15H,3-4,9-12H2,1-2H3/b22-14-. The van der Waals surface area contributed by atoms with Crippen LogP contribution in [0.5, 0.6) is 23.0 Å². The highest BCUT2D eigenvalue weighted by atomic mass is 16.5. The third-order valence-corrected chi connectivity index (χ3v) is 5.24. The zero-order valence-electron chi connectivity index (χ0n) is 16.8. The minimum atomic E-state index is -0.159. The molecule has 2 aliphatic heterocycles. The van der Waals surface area contributed by atoms with Crippen LogP contribution in [-0.4, -0.2) is 51.1 Å². The Morgan fingerprint density at radius 2 is 1.83 bits per heavy atom. The van der Waals surface area contributed by atoms with Crippen LogP contribution in [-0.2, 0) is 0 Å². The summed E-state index contributed by atoms with van der Waals surface area (Å²) in [6.45, 7) is 3.83. The fourth-order valence-electron chi connectivity index (χ4n) is 3.65. The summed E-state index contributed by atoms with van der Waals surface area (Å²) in [5.74, 6) is 2.62. The Morgan fingerprint density at radius 1 is 1.03 bits per heavy atom.